The number of rotatable bonds is 8. The van der Waals surface area contributed by atoms with E-state index >= 15 is 0 Å². The number of pyridine rings is 1. The highest BCUT2D eigenvalue weighted by molar-refractivity contribution is 7.09. The van der Waals surface area contributed by atoms with E-state index < -0.39 is 5.54 Å². The van der Waals surface area contributed by atoms with Gasteiger partial charge in [-0.25, -0.2) is 4.98 Å². The van der Waals surface area contributed by atoms with E-state index in [0.29, 0.717) is 35.9 Å². The second-order valence-corrected chi connectivity index (χ2v) is 10.5. The van der Waals surface area contributed by atoms with Crippen LogP contribution in [0.3, 0.4) is 0 Å². The van der Waals surface area contributed by atoms with E-state index in [1.807, 2.05) is 73.8 Å². The number of nitrogens with two attached hydrogens (primary N) is 1. The Morgan fingerprint density at radius 3 is 2.55 bits per heavy atom. The van der Waals surface area contributed by atoms with Crippen LogP contribution in [-0.2, 0) is 18.5 Å². The Labute approximate surface area is 225 Å². The van der Waals surface area contributed by atoms with E-state index in [-0.39, 0.29) is 5.91 Å². The maximum absolute atomic E-state index is 13.5. The highest BCUT2D eigenvalue weighted by Crippen LogP contribution is 2.30. The van der Waals surface area contributed by atoms with Crippen molar-refractivity contribution in [2.24, 2.45) is 5.73 Å². The molecule has 0 aliphatic rings. The zero-order valence-corrected chi connectivity index (χ0v) is 22.3. The molecular formula is C29H28N6O2S. The van der Waals surface area contributed by atoms with Crippen molar-refractivity contribution in [3.8, 4) is 22.6 Å². The summed E-state index contributed by atoms with van der Waals surface area (Å²) >= 11 is 1.54. The highest BCUT2D eigenvalue weighted by atomic mass is 32.1. The SMILES string of the molecule is Cc1csc(CN(C)C(=O)c2cc(-c3cccnc3)cc(-c3nnc(C(C)(N)Cc4ccccc4)o3)c2)n1. The molecule has 3 heterocycles. The van der Waals surface area contributed by atoms with Crippen LogP contribution in [0.2, 0.25) is 0 Å². The summed E-state index contributed by atoms with van der Waals surface area (Å²) in [6.45, 7) is 4.23. The van der Waals surface area contributed by atoms with E-state index in [9.17, 15) is 4.79 Å². The summed E-state index contributed by atoms with van der Waals surface area (Å²) in [5, 5.41) is 11.4. The van der Waals surface area contributed by atoms with Crippen molar-refractivity contribution in [3.63, 3.8) is 0 Å². The first kappa shape index (κ1) is 25.4. The third-order valence-corrected chi connectivity index (χ3v) is 7.09. The summed E-state index contributed by atoms with van der Waals surface area (Å²) in [7, 11) is 1.77. The number of aromatic nitrogens is 4. The minimum absolute atomic E-state index is 0.141. The van der Waals surface area contributed by atoms with Gasteiger partial charge < -0.3 is 15.1 Å². The fraction of sp³-hybridized carbons (Fsp3) is 0.207. The number of aryl methyl sites for hydroxylation is 1. The van der Waals surface area contributed by atoms with E-state index in [4.69, 9.17) is 10.2 Å². The topological polar surface area (TPSA) is 111 Å². The number of hydrogen-bond donors (Lipinski definition) is 1. The molecule has 1 atom stereocenters. The van der Waals surface area contributed by atoms with Crippen LogP contribution < -0.4 is 5.73 Å². The lowest BCUT2D eigenvalue weighted by Gasteiger charge is -2.20. The molecule has 0 saturated carbocycles. The van der Waals surface area contributed by atoms with Crippen molar-refractivity contribution in [2.45, 2.75) is 32.4 Å². The minimum Gasteiger partial charge on any atom is -0.419 e. The molecule has 1 amide bonds. The number of benzene rings is 2. The number of nitrogens with zero attached hydrogens (tertiary/aromatic N) is 5. The van der Waals surface area contributed by atoms with E-state index in [1.165, 1.54) is 11.3 Å². The molecule has 0 radical (unpaired) electrons. The Morgan fingerprint density at radius 1 is 1.05 bits per heavy atom. The summed E-state index contributed by atoms with van der Waals surface area (Å²) in [4.78, 5) is 23.9. The molecule has 0 bridgehead atoms. The van der Waals surface area contributed by atoms with E-state index in [1.54, 1.807) is 30.4 Å². The smallest absolute Gasteiger partial charge is 0.254 e. The number of amides is 1. The predicted molar refractivity (Wildman–Crippen MR) is 147 cm³/mol. The molecule has 9 heteroatoms. The van der Waals surface area contributed by atoms with Gasteiger partial charge in [-0.15, -0.1) is 21.5 Å². The molecule has 2 N–H and O–H groups in total. The lowest BCUT2D eigenvalue weighted by Crippen LogP contribution is -2.35. The maximum Gasteiger partial charge on any atom is 0.254 e. The van der Waals surface area contributed by atoms with Gasteiger partial charge in [0, 0.05) is 47.2 Å². The Morgan fingerprint density at radius 2 is 1.84 bits per heavy atom. The summed E-state index contributed by atoms with van der Waals surface area (Å²) in [6.07, 6.45) is 4.00. The number of carbonyl (C=O) groups excluding carboxylic acids is 1. The average molecular weight is 525 g/mol. The number of hydrogen-bond acceptors (Lipinski definition) is 8. The lowest BCUT2D eigenvalue weighted by molar-refractivity contribution is 0.0785. The largest absolute Gasteiger partial charge is 0.419 e. The van der Waals surface area contributed by atoms with Crippen molar-refractivity contribution in [1.29, 1.82) is 0 Å². The van der Waals surface area contributed by atoms with Crippen molar-refractivity contribution in [1.82, 2.24) is 25.1 Å². The molecule has 0 fully saturated rings. The second-order valence-electron chi connectivity index (χ2n) is 9.58. The van der Waals surface area contributed by atoms with Gasteiger partial charge in [0.05, 0.1) is 12.1 Å². The molecule has 5 rings (SSSR count). The number of thiazole rings is 1. The molecule has 2 aromatic carbocycles. The van der Waals surface area contributed by atoms with Gasteiger partial charge in [0.15, 0.2) is 0 Å². The van der Waals surface area contributed by atoms with Gasteiger partial charge in [-0.1, -0.05) is 36.4 Å². The van der Waals surface area contributed by atoms with Crippen molar-refractivity contribution in [3.05, 3.63) is 106 Å². The fourth-order valence-electron chi connectivity index (χ4n) is 4.21. The summed E-state index contributed by atoms with van der Waals surface area (Å²) < 4.78 is 6.10. The first-order chi connectivity index (χ1) is 18.3. The van der Waals surface area contributed by atoms with Crippen LogP contribution in [-0.4, -0.2) is 38.0 Å². The molecule has 0 saturated heterocycles. The molecule has 5 aromatic rings. The number of carbonyl (C=O) groups is 1. The summed E-state index contributed by atoms with van der Waals surface area (Å²) in [5.41, 5.74) is 10.6. The van der Waals surface area contributed by atoms with Crippen LogP contribution >= 0.6 is 11.3 Å². The summed E-state index contributed by atoms with van der Waals surface area (Å²) in [5.74, 6) is 0.479. The van der Waals surface area contributed by atoms with Gasteiger partial charge in [0.25, 0.3) is 5.91 Å². The van der Waals surface area contributed by atoms with Gasteiger partial charge in [-0.3, -0.25) is 9.78 Å². The molecule has 0 aliphatic carbocycles. The van der Waals surface area contributed by atoms with Gasteiger partial charge in [-0.2, -0.15) is 0 Å². The van der Waals surface area contributed by atoms with E-state index in [2.05, 4.69) is 20.2 Å². The third-order valence-electron chi connectivity index (χ3n) is 6.14. The Hall–Kier alpha value is -4.21. The van der Waals surface area contributed by atoms with E-state index in [0.717, 1.165) is 27.4 Å². The maximum atomic E-state index is 13.5. The van der Waals surface area contributed by atoms with Crippen LogP contribution in [0.15, 0.2) is 82.9 Å². The molecule has 38 heavy (non-hydrogen) atoms. The lowest BCUT2D eigenvalue weighted by atomic mass is 9.94. The minimum atomic E-state index is -0.863. The monoisotopic (exact) mass is 524 g/mol. The molecule has 3 aromatic heterocycles. The van der Waals surface area contributed by atoms with Crippen molar-refractivity contribution in [2.75, 3.05) is 7.05 Å². The van der Waals surface area contributed by atoms with Crippen molar-refractivity contribution < 1.29 is 9.21 Å². The normalized spacial score (nSPS) is 12.7. The Balaban J connectivity index is 1.48. The Kier molecular flexibility index (Phi) is 7.13. The second kappa shape index (κ2) is 10.6. The third kappa shape index (κ3) is 5.69. The van der Waals surface area contributed by atoms with Crippen LogP contribution in [0.4, 0.5) is 0 Å². The van der Waals surface area contributed by atoms with Crippen LogP contribution in [0.25, 0.3) is 22.6 Å². The Bertz CT molecular complexity index is 1550. The molecule has 8 nitrogen and oxygen atoms in total. The molecule has 0 aliphatic heterocycles. The molecular weight excluding hydrogens is 496 g/mol. The standard InChI is InChI=1S/C29H28N6O2S/c1-19-18-38-25(32-19)17-35(3)27(36)24-13-22(21-10-7-11-31-16-21)12-23(14-24)26-33-34-28(37-26)29(2,30)15-20-8-5-4-6-9-20/h4-14,16,18H,15,17,30H2,1-3H3. The summed E-state index contributed by atoms with van der Waals surface area (Å²) in [6, 6.07) is 19.3. The van der Waals surface area contributed by atoms with Gasteiger partial charge in [0.2, 0.25) is 11.8 Å². The first-order valence-corrected chi connectivity index (χ1v) is 13.1. The van der Waals surface area contributed by atoms with Crippen molar-refractivity contribution >= 4 is 17.2 Å². The van der Waals surface area contributed by atoms with Crippen LogP contribution in [0.1, 0.15) is 39.4 Å². The van der Waals surface area contributed by atoms with Gasteiger partial charge in [0.1, 0.15) is 5.01 Å². The van der Waals surface area contributed by atoms with Gasteiger partial charge >= 0.3 is 0 Å². The van der Waals surface area contributed by atoms with Crippen LogP contribution in [0, 0.1) is 6.92 Å². The fourth-order valence-corrected chi connectivity index (χ4v) is 5.04. The zero-order valence-electron chi connectivity index (χ0n) is 21.5. The molecule has 1 unspecified atom stereocenters. The highest BCUT2D eigenvalue weighted by Gasteiger charge is 2.29. The first-order valence-electron chi connectivity index (χ1n) is 12.2. The predicted octanol–water partition coefficient (Wildman–Crippen LogP) is 5.25. The van der Waals surface area contributed by atoms with Crippen LogP contribution in [0.5, 0.6) is 0 Å². The average Bonchev–Trinajstić information content (AvgIpc) is 3.59. The van der Waals surface area contributed by atoms with Gasteiger partial charge in [-0.05, 0) is 55.7 Å². The zero-order chi connectivity index (χ0) is 26.7. The molecule has 0 spiro atoms. The molecule has 192 valence electrons. The quantitative estimate of drug-likeness (QED) is 0.295.